The summed E-state index contributed by atoms with van der Waals surface area (Å²) in [6.45, 7) is 15.3. The highest BCUT2D eigenvalue weighted by atomic mass is 16.6. The maximum atomic E-state index is 12.5. The lowest BCUT2D eigenvalue weighted by molar-refractivity contribution is -0.161. The predicted molar refractivity (Wildman–Crippen MR) is 113 cm³/mol. The van der Waals surface area contributed by atoms with Crippen LogP contribution in [0.4, 0.5) is 0 Å². The minimum atomic E-state index is -0.647. The molecule has 156 valence electrons. The Morgan fingerprint density at radius 3 is 2.66 bits per heavy atom. The summed E-state index contributed by atoms with van der Waals surface area (Å²) >= 11 is 0. The van der Waals surface area contributed by atoms with Crippen LogP contribution in [0.5, 0.6) is 5.75 Å². The van der Waals surface area contributed by atoms with Gasteiger partial charge in [-0.15, -0.1) is 6.58 Å². The molecule has 2 atom stereocenters. The van der Waals surface area contributed by atoms with Gasteiger partial charge in [0, 0.05) is 35.8 Å². The first-order chi connectivity index (χ1) is 13.4. The summed E-state index contributed by atoms with van der Waals surface area (Å²) in [7, 11) is 0. The molecule has 1 aliphatic heterocycles. The van der Waals surface area contributed by atoms with Crippen LogP contribution in [0.1, 0.15) is 59.1 Å². The van der Waals surface area contributed by atoms with Gasteiger partial charge in [0.25, 0.3) is 0 Å². The second-order valence-electron chi connectivity index (χ2n) is 9.19. The van der Waals surface area contributed by atoms with Gasteiger partial charge in [-0.1, -0.05) is 33.8 Å². The predicted octanol–water partition coefficient (Wildman–Crippen LogP) is 4.93. The number of esters is 1. The van der Waals surface area contributed by atoms with Crippen LogP contribution in [0.2, 0.25) is 0 Å². The molecule has 3 rings (SSSR count). The van der Waals surface area contributed by atoms with Gasteiger partial charge in [-0.05, 0) is 37.0 Å². The first kappa shape index (κ1) is 21.2. The van der Waals surface area contributed by atoms with E-state index in [4.69, 9.17) is 13.9 Å². The van der Waals surface area contributed by atoms with Crippen LogP contribution < -0.4 is 10.4 Å². The molecule has 0 N–H and O–H groups in total. The molecule has 0 radical (unpaired) electrons. The van der Waals surface area contributed by atoms with E-state index in [1.54, 1.807) is 12.1 Å². The molecule has 2 aromatic rings. The van der Waals surface area contributed by atoms with E-state index < -0.39 is 11.0 Å². The Bertz CT molecular complexity index is 1010. The Balaban J connectivity index is 2.12. The largest absolute Gasteiger partial charge is 0.483 e. The topological polar surface area (TPSA) is 65.7 Å². The molecule has 0 bridgehead atoms. The van der Waals surface area contributed by atoms with Gasteiger partial charge in [0.05, 0.1) is 0 Å². The van der Waals surface area contributed by atoms with Crippen molar-refractivity contribution in [2.24, 2.45) is 5.92 Å². The monoisotopic (exact) mass is 398 g/mol. The third-order valence-corrected chi connectivity index (χ3v) is 5.67. The number of allylic oxidation sites excluding steroid dienone is 1. The minimum absolute atomic E-state index is 0.321. The fraction of sp³-hybridized carbons (Fsp3) is 0.500. The highest BCUT2D eigenvalue weighted by molar-refractivity contribution is 5.80. The van der Waals surface area contributed by atoms with Gasteiger partial charge in [0.2, 0.25) is 0 Å². The molecule has 1 aromatic carbocycles. The Kier molecular flexibility index (Phi) is 5.37. The molecule has 1 aromatic heterocycles. The molecule has 2 heterocycles. The van der Waals surface area contributed by atoms with Crippen molar-refractivity contribution >= 4 is 16.9 Å². The van der Waals surface area contributed by atoms with E-state index in [0.29, 0.717) is 29.2 Å². The lowest BCUT2D eigenvalue weighted by atomic mass is 9.82. The van der Waals surface area contributed by atoms with Crippen LogP contribution in [0, 0.1) is 5.92 Å². The molecule has 0 unspecified atom stereocenters. The molecule has 0 fully saturated rings. The number of hydrogen-bond acceptors (Lipinski definition) is 5. The van der Waals surface area contributed by atoms with Gasteiger partial charge in [0.15, 0.2) is 0 Å². The average Bonchev–Trinajstić information content (AvgIpc) is 2.59. The lowest BCUT2D eigenvalue weighted by Gasteiger charge is -2.42. The molecule has 0 spiro atoms. The maximum absolute atomic E-state index is 12.5. The van der Waals surface area contributed by atoms with Crippen molar-refractivity contribution < 1.29 is 18.7 Å². The molecular weight excluding hydrogens is 368 g/mol. The molecule has 0 aliphatic carbocycles. The zero-order valence-electron chi connectivity index (χ0n) is 18.1. The molecule has 0 saturated carbocycles. The quantitative estimate of drug-likeness (QED) is 0.406. The van der Waals surface area contributed by atoms with Crippen LogP contribution in [-0.2, 0) is 21.4 Å². The van der Waals surface area contributed by atoms with Gasteiger partial charge >= 0.3 is 11.6 Å². The number of benzene rings is 1. The first-order valence-electron chi connectivity index (χ1n) is 10.1. The second-order valence-corrected chi connectivity index (χ2v) is 9.19. The summed E-state index contributed by atoms with van der Waals surface area (Å²) in [5.74, 6) is 0.712. The Morgan fingerprint density at radius 1 is 1.38 bits per heavy atom. The number of ether oxygens (including phenoxy) is 2. The zero-order chi connectivity index (χ0) is 21.6. The van der Waals surface area contributed by atoms with Crippen LogP contribution in [0.15, 0.2) is 40.1 Å². The Labute approximate surface area is 171 Å². The summed E-state index contributed by atoms with van der Waals surface area (Å²) in [6.07, 6.45) is 2.64. The average molecular weight is 398 g/mol. The first-order valence-corrected chi connectivity index (χ1v) is 10.1. The van der Waals surface area contributed by atoms with Crippen molar-refractivity contribution in [3.05, 3.63) is 52.4 Å². The highest BCUT2D eigenvalue weighted by Crippen LogP contribution is 2.40. The van der Waals surface area contributed by atoms with Crippen molar-refractivity contribution in [1.82, 2.24) is 0 Å². The fourth-order valence-corrected chi connectivity index (χ4v) is 4.09. The maximum Gasteiger partial charge on any atom is 0.340 e. The molecule has 29 heavy (non-hydrogen) atoms. The van der Waals surface area contributed by atoms with Gasteiger partial charge in [-0.25, -0.2) is 4.79 Å². The number of rotatable bonds is 5. The van der Waals surface area contributed by atoms with E-state index in [0.717, 1.165) is 17.4 Å². The number of carbonyl (C=O) groups is 1. The van der Waals surface area contributed by atoms with E-state index in [-0.39, 0.29) is 17.7 Å². The molecular formula is C24H30O5. The summed E-state index contributed by atoms with van der Waals surface area (Å²) in [5, 5.41) is 0.811. The molecule has 0 saturated heterocycles. The van der Waals surface area contributed by atoms with Crippen LogP contribution in [0.3, 0.4) is 0 Å². The van der Waals surface area contributed by atoms with Crippen molar-refractivity contribution in [3.63, 3.8) is 0 Å². The summed E-state index contributed by atoms with van der Waals surface area (Å²) in [4.78, 5) is 24.2. The minimum Gasteiger partial charge on any atom is -0.483 e. The van der Waals surface area contributed by atoms with E-state index >= 15 is 0 Å². The third kappa shape index (κ3) is 4.09. The Hall–Kier alpha value is -2.56. The standard InChI is InChI=1S/C24H30O5/c1-8-23(5,6)18-10-16-9-17-11-21(27-15(4)25)24(7,13-14(2)3)29-20(17)12-19(16)28-22(18)26/h8-10,12,14,21H,1,11,13H2,2-7H3/t21-,24-/m1/s1. The van der Waals surface area contributed by atoms with Gasteiger partial charge < -0.3 is 13.9 Å². The Morgan fingerprint density at radius 2 is 2.07 bits per heavy atom. The molecule has 0 amide bonds. The zero-order valence-corrected chi connectivity index (χ0v) is 18.1. The van der Waals surface area contributed by atoms with Crippen LogP contribution >= 0.6 is 0 Å². The van der Waals surface area contributed by atoms with Crippen LogP contribution in [-0.4, -0.2) is 17.7 Å². The number of carbonyl (C=O) groups excluding carboxylic acids is 1. The van der Waals surface area contributed by atoms with Gasteiger partial charge in [-0.2, -0.15) is 0 Å². The second kappa shape index (κ2) is 7.36. The summed E-state index contributed by atoms with van der Waals surface area (Å²) < 4.78 is 17.6. The van der Waals surface area contributed by atoms with E-state index in [1.165, 1.54) is 6.92 Å². The molecule has 5 heteroatoms. The third-order valence-electron chi connectivity index (χ3n) is 5.67. The van der Waals surface area contributed by atoms with Crippen molar-refractivity contribution in [1.29, 1.82) is 0 Å². The number of fused-ring (bicyclic) bond motifs is 2. The van der Waals surface area contributed by atoms with Gasteiger partial charge in [0.1, 0.15) is 23.0 Å². The lowest BCUT2D eigenvalue weighted by Crippen LogP contribution is -2.51. The van der Waals surface area contributed by atoms with Crippen molar-refractivity contribution in [2.75, 3.05) is 0 Å². The SMILES string of the molecule is C=CC(C)(C)c1cc2cc3c(cc2oc1=O)O[C@](C)(CC(C)C)[C@H](OC(C)=O)C3. The smallest absolute Gasteiger partial charge is 0.340 e. The van der Waals surface area contributed by atoms with E-state index in [1.807, 2.05) is 32.9 Å². The van der Waals surface area contributed by atoms with Crippen molar-refractivity contribution in [2.45, 2.75) is 71.5 Å². The summed E-state index contributed by atoms with van der Waals surface area (Å²) in [6, 6.07) is 5.59. The molecule has 5 nitrogen and oxygen atoms in total. The summed E-state index contributed by atoms with van der Waals surface area (Å²) in [5.41, 5.74) is 0.443. The normalized spacial score (nSPS) is 21.6. The van der Waals surface area contributed by atoms with Crippen LogP contribution in [0.25, 0.3) is 11.0 Å². The number of hydrogen-bond donors (Lipinski definition) is 0. The molecule has 1 aliphatic rings. The fourth-order valence-electron chi connectivity index (χ4n) is 4.09. The van der Waals surface area contributed by atoms with E-state index in [2.05, 4.69) is 20.4 Å². The van der Waals surface area contributed by atoms with E-state index in [9.17, 15) is 9.59 Å². The van der Waals surface area contributed by atoms with Gasteiger partial charge in [-0.3, -0.25) is 4.79 Å². The van der Waals surface area contributed by atoms with Crippen molar-refractivity contribution in [3.8, 4) is 5.75 Å². The highest BCUT2D eigenvalue weighted by Gasteiger charge is 2.43.